The van der Waals surface area contributed by atoms with Crippen LogP contribution < -0.4 is 0 Å². The van der Waals surface area contributed by atoms with Gasteiger partial charge in [0, 0.05) is 92.0 Å². The minimum Gasteiger partial charge on any atom is -0.374 e. The average molecular weight is 963 g/mol. The second kappa shape index (κ2) is 25.4. The maximum Gasteiger partial charge on any atom is 0.0737 e. The molecular weight excluding hydrogens is 881 g/mol. The highest BCUT2D eigenvalue weighted by Gasteiger charge is 2.29. The van der Waals surface area contributed by atoms with Gasteiger partial charge in [-0.15, -0.1) is 0 Å². The van der Waals surface area contributed by atoms with Crippen molar-refractivity contribution in [2.24, 2.45) is 0 Å². The summed E-state index contributed by atoms with van der Waals surface area (Å²) < 4.78 is 2.60. The van der Waals surface area contributed by atoms with Crippen LogP contribution in [0.2, 0.25) is 0 Å². The molecule has 378 valence electrons. The second-order valence-corrected chi connectivity index (χ2v) is 20.6. The second-order valence-electron chi connectivity index (χ2n) is 20.6. The summed E-state index contributed by atoms with van der Waals surface area (Å²) in [6.07, 6.45) is 57.8. The van der Waals surface area contributed by atoms with Crippen LogP contribution in [0.1, 0.15) is 170 Å². The fourth-order valence-corrected chi connectivity index (χ4v) is 10.9. The van der Waals surface area contributed by atoms with Crippen molar-refractivity contribution in [3.8, 4) is 0 Å². The minimum atomic E-state index is 0.856. The number of hydrogen-bond donors (Lipinski definition) is 1. The molecule has 72 heavy (non-hydrogen) atoms. The maximum atomic E-state index is 5.58. The summed E-state index contributed by atoms with van der Waals surface area (Å²) in [6.45, 7) is 16.9. The van der Waals surface area contributed by atoms with Crippen molar-refractivity contribution in [1.29, 1.82) is 0 Å². The van der Waals surface area contributed by atoms with Crippen LogP contribution >= 0.6 is 0 Å². The van der Waals surface area contributed by atoms with E-state index in [1.54, 1.807) is 0 Å². The van der Waals surface area contributed by atoms with Gasteiger partial charge in [-0.2, -0.15) is 0 Å². The number of rotatable bonds is 24. The number of fused-ring (bicyclic) bond motifs is 8. The van der Waals surface area contributed by atoms with E-state index < -0.39 is 0 Å². The maximum absolute atomic E-state index is 5.58. The SMILES string of the molecule is CCCCCCN1C=CC(c2c(C3=CCN(CCCCCC)C=C3)c3c(C4=CCN(CCCCCC)C=C4)c4nc(cc5ccc(cc6nc(cc2n3C2=CCN(CCCCCC)C=C2)C=C6)[nH]5)C=C4)=CC1. The Bertz CT molecular complexity index is 2850. The van der Waals surface area contributed by atoms with Gasteiger partial charge in [-0.05, 0) is 146 Å². The number of hydrogen-bond acceptors (Lipinski definition) is 6. The van der Waals surface area contributed by atoms with Gasteiger partial charge in [-0.25, -0.2) is 9.97 Å². The van der Waals surface area contributed by atoms with Crippen LogP contribution in [-0.2, 0) is 0 Å². The van der Waals surface area contributed by atoms with Crippen molar-refractivity contribution >= 4 is 68.8 Å². The normalized spacial score (nSPS) is 16.3. The molecule has 3 aromatic heterocycles. The van der Waals surface area contributed by atoms with Gasteiger partial charge in [0.15, 0.2) is 0 Å². The molecular formula is C64H82N8. The first-order valence-electron chi connectivity index (χ1n) is 28.2. The molecule has 0 saturated heterocycles. The quantitative estimate of drug-likeness (QED) is 0.0622. The Kier molecular flexibility index (Phi) is 17.9. The molecule has 9 rings (SSSR count). The van der Waals surface area contributed by atoms with Crippen LogP contribution in [0.15, 0.2) is 104 Å². The van der Waals surface area contributed by atoms with Crippen LogP contribution in [0.5, 0.6) is 0 Å². The lowest BCUT2D eigenvalue weighted by molar-refractivity contribution is 0.394. The first-order valence-corrected chi connectivity index (χ1v) is 28.2. The van der Waals surface area contributed by atoms with E-state index in [4.69, 9.17) is 9.97 Å². The summed E-state index contributed by atoms with van der Waals surface area (Å²) >= 11 is 0. The molecule has 0 aliphatic carbocycles. The van der Waals surface area contributed by atoms with Gasteiger partial charge >= 0.3 is 0 Å². The zero-order valence-electron chi connectivity index (χ0n) is 44.2. The molecule has 0 radical (unpaired) electrons. The molecule has 8 bridgehead atoms. The van der Waals surface area contributed by atoms with Gasteiger partial charge in [-0.3, -0.25) is 0 Å². The Morgan fingerprint density at radius 3 is 1.31 bits per heavy atom. The van der Waals surface area contributed by atoms with E-state index in [1.165, 1.54) is 142 Å². The Balaban J connectivity index is 1.33. The summed E-state index contributed by atoms with van der Waals surface area (Å²) in [5.74, 6) is 0. The average Bonchev–Trinajstić information content (AvgIpc) is 4.23. The highest BCUT2D eigenvalue weighted by molar-refractivity contribution is 6.08. The number of H-pyrrole nitrogens is 1. The largest absolute Gasteiger partial charge is 0.374 e. The zero-order chi connectivity index (χ0) is 49.5. The minimum absolute atomic E-state index is 0.856. The van der Waals surface area contributed by atoms with Crippen LogP contribution in [-0.4, -0.2) is 91.5 Å². The molecule has 8 heteroatoms. The summed E-state index contributed by atoms with van der Waals surface area (Å²) in [5.41, 5.74) is 16.7. The molecule has 9 heterocycles. The van der Waals surface area contributed by atoms with Crippen LogP contribution in [0.4, 0.5) is 0 Å². The molecule has 0 unspecified atom stereocenters. The molecule has 0 spiro atoms. The van der Waals surface area contributed by atoms with Gasteiger partial charge in [-0.1, -0.05) is 123 Å². The fourth-order valence-electron chi connectivity index (χ4n) is 10.9. The van der Waals surface area contributed by atoms with Crippen molar-refractivity contribution in [3.63, 3.8) is 0 Å². The third-order valence-corrected chi connectivity index (χ3v) is 15.0. The third-order valence-electron chi connectivity index (χ3n) is 15.0. The van der Waals surface area contributed by atoms with E-state index in [-0.39, 0.29) is 0 Å². The van der Waals surface area contributed by atoms with Crippen LogP contribution in [0.25, 0.3) is 68.8 Å². The third kappa shape index (κ3) is 12.7. The van der Waals surface area contributed by atoms with E-state index in [2.05, 4.69) is 185 Å². The van der Waals surface area contributed by atoms with Crippen molar-refractivity contribution in [2.45, 2.75) is 130 Å². The standard InChI is InChI=1S/C64H82N8/c1-5-9-13-17-35-68-39-27-50(28-40-68)61-59-26-25-56(67-59)48-55-22-21-53(65-55)47-54-23-24-57(66-54)49-60-62(51-29-41-69(42-30-51)36-18-14-10-6-2)63(52-31-43-70(44-32-52)37-19-15-11-7-3)64(61)72(60)58-33-45-71(46-34-58)38-20-16-12-8-4/h21-34,39,41,43,45,47-49,65H,5-20,35-38,40,42,44,46H2,1-4H3. The molecule has 0 fully saturated rings. The number of nitrogens with zero attached hydrogens (tertiary/aromatic N) is 7. The van der Waals surface area contributed by atoms with Crippen LogP contribution in [0.3, 0.4) is 0 Å². The number of aromatic nitrogens is 4. The summed E-state index contributed by atoms with van der Waals surface area (Å²) in [6, 6.07) is 11.0. The molecule has 6 aliphatic heterocycles. The van der Waals surface area contributed by atoms with Crippen molar-refractivity contribution < 1.29 is 0 Å². The van der Waals surface area contributed by atoms with Gasteiger partial charge in [0.05, 0.1) is 33.8 Å². The van der Waals surface area contributed by atoms with Gasteiger partial charge in [0.25, 0.3) is 0 Å². The molecule has 0 aromatic carbocycles. The molecule has 8 nitrogen and oxygen atoms in total. The van der Waals surface area contributed by atoms with Gasteiger partial charge in [0.1, 0.15) is 0 Å². The molecule has 1 N–H and O–H groups in total. The van der Waals surface area contributed by atoms with Crippen molar-refractivity contribution in [3.05, 3.63) is 143 Å². The Labute approximate surface area is 432 Å². The first-order chi connectivity index (χ1) is 35.5. The molecule has 3 aromatic rings. The Morgan fingerprint density at radius 2 is 0.847 bits per heavy atom. The lowest BCUT2D eigenvalue weighted by Crippen LogP contribution is -2.22. The summed E-state index contributed by atoms with van der Waals surface area (Å²) in [4.78, 5) is 24.5. The summed E-state index contributed by atoms with van der Waals surface area (Å²) in [5, 5.41) is 0. The molecule has 0 amide bonds. The zero-order valence-corrected chi connectivity index (χ0v) is 44.2. The molecule has 0 atom stereocenters. The van der Waals surface area contributed by atoms with Crippen LogP contribution in [0, 0.1) is 0 Å². The Hall–Kier alpha value is -6.28. The number of unbranched alkanes of at least 4 members (excludes halogenated alkanes) is 12. The monoisotopic (exact) mass is 963 g/mol. The number of aromatic amines is 1. The molecule has 0 saturated carbocycles. The van der Waals surface area contributed by atoms with E-state index in [1.807, 2.05) is 0 Å². The van der Waals surface area contributed by atoms with Crippen molar-refractivity contribution in [2.75, 3.05) is 52.4 Å². The highest BCUT2D eigenvalue weighted by atomic mass is 15.1. The Morgan fingerprint density at radius 1 is 0.417 bits per heavy atom. The smallest absolute Gasteiger partial charge is 0.0737 e. The lowest BCUT2D eigenvalue weighted by atomic mass is 9.90. The lowest BCUT2D eigenvalue weighted by Gasteiger charge is -2.26. The topological polar surface area (TPSA) is 59.5 Å². The highest BCUT2D eigenvalue weighted by Crippen LogP contribution is 2.45. The van der Waals surface area contributed by atoms with E-state index in [0.717, 1.165) is 97.2 Å². The van der Waals surface area contributed by atoms with Gasteiger partial charge in [0.2, 0.25) is 0 Å². The number of nitrogens with one attached hydrogen (secondary N) is 1. The predicted molar refractivity (Wildman–Crippen MR) is 310 cm³/mol. The van der Waals surface area contributed by atoms with E-state index in [9.17, 15) is 0 Å². The molecule has 6 aliphatic rings. The van der Waals surface area contributed by atoms with E-state index >= 15 is 0 Å². The fraction of sp³-hybridized carbons (Fsp3) is 0.438. The van der Waals surface area contributed by atoms with Gasteiger partial charge < -0.3 is 29.2 Å². The first kappa shape index (κ1) is 50.7. The predicted octanol–water partition coefficient (Wildman–Crippen LogP) is 15.8. The van der Waals surface area contributed by atoms with Crippen molar-refractivity contribution in [1.82, 2.24) is 39.1 Å². The number of allylic oxidation sites excluding steroid dienone is 8. The van der Waals surface area contributed by atoms with E-state index in [0.29, 0.717) is 0 Å². The summed E-state index contributed by atoms with van der Waals surface area (Å²) in [7, 11) is 0.